The summed E-state index contributed by atoms with van der Waals surface area (Å²) in [5.74, 6) is 0.849. The summed E-state index contributed by atoms with van der Waals surface area (Å²) in [5, 5.41) is 12.9. The van der Waals surface area contributed by atoms with E-state index in [9.17, 15) is 0 Å². The standard InChI is InChI=1S/C8H12N2O/c11-6-8-3-4-10(9-8)5-7-1-2-7/h3-4,7,11H,1-2,5-6H2. The van der Waals surface area contributed by atoms with Crippen molar-refractivity contribution in [1.29, 1.82) is 0 Å². The fourth-order valence-corrected chi connectivity index (χ4v) is 1.15. The third kappa shape index (κ3) is 1.60. The van der Waals surface area contributed by atoms with Crippen molar-refractivity contribution < 1.29 is 5.11 Å². The molecule has 0 saturated heterocycles. The maximum atomic E-state index is 8.72. The molecule has 3 nitrogen and oxygen atoms in total. The molecule has 0 aromatic carbocycles. The third-order valence-electron chi connectivity index (χ3n) is 2.00. The summed E-state index contributed by atoms with van der Waals surface area (Å²) in [6.45, 7) is 1.08. The largest absolute Gasteiger partial charge is 0.390 e. The van der Waals surface area contributed by atoms with Gasteiger partial charge in [0.2, 0.25) is 0 Å². The van der Waals surface area contributed by atoms with Crippen molar-refractivity contribution in [3.8, 4) is 0 Å². The van der Waals surface area contributed by atoms with Crippen LogP contribution >= 0.6 is 0 Å². The molecule has 0 atom stereocenters. The maximum absolute atomic E-state index is 8.72. The molecule has 1 fully saturated rings. The Labute approximate surface area is 65.7 Å². The predicted octanol–water partition coefficient (Wildman–Crippen LogP) is 0.785. The molecule has 1 aromatic rings. The molecule has 0 bridgehead atoms. The molecule has 2 rings (SSSR count). The molecule has 1 saturated carbocycles. The molecule has 1 N–H and O–H groups in total. The first kappa shape index (κ1) is 6.85. The van der Waals surface area contributed by atoms with Gasteiger partial charge < -0.3 is 5.11 Å². The molecule has 1 aliphatic carbocycles. The number of rotatable bonds is 3. The second-order valence-corrected chi connectivity index (χ2v) is 3.13. The van der Waals surface area contributed by atoms with Gasteiger partial charge in [0.1, 0.15) is 0 Å². The zero-order valence-electron chi connectivity index (χ0n) is 6.40. The Bertz CT molecular complexity index is 240. The van der Waals surface area contributed by atoms with E-state index in [1.165, 1.54) is 12.8 Å². The van der Waals surface area contributed by atoms with Gasteiger partial charge in [-0.3, -0.25) is 4.68 Å². The summed E-state index contributed by atoms with van der Waals surface area (Å²) < 4.78 is 1.92. The van der Waals surface area contributed by atoms with Gasteiger partial charge in [-0.05, 0) is 24.8 Å². The maximum Gasteiger partial charge on any atom is 0.0878 e. The van der Waals surface area contributed by atoms with E-state index >= 15 is 0 Å². The van der Waals surface area contributed by atoms with Crippen LogP contribution < -0.4 is 0 Å². The minimum Gasteiger partial charge on any atom is -0.390 e. The van der Waals surface area contributed by atoms with Crippen LogP contribution in [0.15, 0.2) is 12.3 Å². The lowest BCUT2D eigenvalue weighted by atomic mass is 10.4. The molecule has 1 aliphatic rings. The zero-order valence-corrected chi connectivity index (χ0v) is 6.40. The number of aliphatic hydroxyl groups excluding tert-OH is 1. The second kappa shape index (κ2) is 2.66. The zero-order chi connectivity index (χ0) is 7.68. The first-order chi connectivity index (χ1) is 5.38. The fraction of sp³-hybridized carbons (Fsp3) is 0.625. The van der Waals surface area contributed by atoms with E-state index < -0.39 is 0 Å². The Kier molecular flexibility index (Phi) is 1.66. The molecule has 0 aliphatic heterocycles. The van der Waals surface area contributed by atoms with Gasteiger partial charge in [-0.15, -0.1) is 0 Å². The van der Waals surface area contributed by atoms with E-state index in [0.29, 0.717) is 0 Å². The third-order valence-corrected chi connectivity index (χ3v) is 2.00. The van der Waals surface area contributed by atoms with Crippen LogP contribution in [0.1, 0.15) is 18.5 Å². The number of aromatic nitrogens is 2. The highest BCUT2D eigenvalue weighted by Gasteiger charge is 2.21. The summed E-state index contributed by atoms with van der Waals surface area (Å²) in [5.41, 5.74) is 0.769. The van der Waals surface area contributed by atoms with Gasteiger partial charge in [-0.25, -0.2) is 0 Å². The first-order valence-corrected chi connectivity index (χ1v) is 4.01. The lowest BCUT2D eigenvalue weighted by molar-refractivity contribution is 0.275. The molecule has 0 radical (unpaired) electrons. The van der Waals surface area contributed by atoms with Crippen molar-refractivity contribution in [3.63, 3.8) is 0 Å². The fourth-order valence-electron chi connectivity index (χ4n) is 1.15. The first-order valence-electron chi connectivity index (χ1n) is 4.01. The van der Waals surface area contributed by atoms with Crippen LogP contribution in [-0.2, 0) is 13.2 Å². The Morgan fingerprint density at radius 1 is 1.64 bits per heavy atom. The van der Waals surface area contributed by atoms with Crippen molar-refractivity contribution in [2.24, 2.45) is 5.92 Å². The van der Waals surface area contributed by atoms with Gasteiger partial charge in [-0.1, -0.05) is 0 Å². The SMILES string of the molecule is OCc1ccn(CC2CC2)n1. The van der Waals surface area contributed by atoms with E-state index in [2.05, 4.69) is 5.10 Å². The molecule has 0 spiro atoms. The molecule has 0 amide bonds. The number of nitrogens with zero attached hydrogens (tertiary/aromatic N) is 2. The van der Waals surface area contributed by atoms with Gasteiger partial charge in [0.05, 0.1) is 12.3 Å². The molecular weight excluding hydrogens is 140 g/mol. The van der Waals surface area contributed by atoms with Crippen LogP contribution in [-0.4, -0.2) is 14.9 Å². The van der Waals surface area contributed by atoms with E-state index in [4.69, 9.17) is 5.11 Å². The molecular formula is C8H12N2O. The molecule has 11 heavy (non-hydrogen) atoms. The number of hydrogen-bond acceptors (Lipinski definition) is 2. The van der Waals surface area contributed by atoms with Crippen LogP contribution in [0.25, 0.3) is 0 Å². The Morgan fingerprint density at radius 2 is 2.45 bits per heavy atom. The van der Waals surface area contributed by atoms with Crippen molar-refractivity contribution >= 4 is 0 Å². The summed E-state index contributed by atoms with van der Waals surface area (Å²) in [6.07, 6.45) is 4.62. The number of hydrogen-bond donors (Lipinski definition) is 1. The average molecular weight is 152 g/mol. The Hall–Kier alpha value is -0.830. The van der Waals surface area contributed by atoms with Gasteiger partial charge in [0, 0.05) is 12.7 Å². The van der Waals surface area contributed by atoms with Gasteiger partial charge in [-0.2, -0.15) is 5.10 Å². The van der Waals surface area contributed by atoms with Crippen LogP contribution in [0, 0.1) is 5.92 Å². The van der Waals surface area contributed by atoms with Crippen molar-refractivity contribution in [2.75, 3.05) is 0 Å². The quantitative estimate of drug-likeness (QED) is 0.695. The summed E-state index contributed by atoms with van der Waals surface area (Å²) in [7, 11) is 0. The monoisotopic (exact) mass is 152 g/mol. The molecule has 1 heterocycles. The van der Waals surface area contributed by atoms with E-state index in [1.807, 2.05) is 16.9 Å². The van der Waals surface area contributed by atoms with Crippen molar-refractivity contribution in [3.05, 3.63) is 18.0 Å². The Morgan fingerprint density at radius 3 is 3.00 bits per heavy atom. The van der Waals surface area contributed by atoms with E-state index in [-0.39, 0.29) is 6.61 Å². The lowest BCUT2D eigenvalue weighted by Crippen LogP contribution is -2.00. The van der Waals surface area contributed by atoms with Crippen LogP contribution in [0.2, 0.25) is 0 Å². The second-order valence-electron chi connectivity index (χ2n) is 3.13. The highest BCUT2D eigenvalue weighted by Crippen LogP contribution is 2.30. The molecule has 3 heteroatoms. The van der Waals surface area contributed by atoms with Gasteiger partial charge >= 0.3 is 0 Å². The summed E-state index contributed by atoms with van der Waals surface area (Å²) in [6, 6.07) is 1.86. The predicted molar refractivity (Wildman–Crippen MR) is 40.9 cm³/mol. The van der Waals surface area contributed by atoms with Crippen LogP contribution in [0.3, 0.4) is 0 Å². The lowest BCUT2D eigenvalue weighted by Gasteiger charge is -1.96. The number of aliphatic hydroxyl groups is 1. The smallest absolute Gasteiger partial charge is 0.0878 e. The highest BCUT2D eigenvalue weighted by molar-refractivity contribution is 4.97. The van der Waals surface area contributed by atoms with E-state index in [1.54, 1.807) is 0 Å². The highest BCUT2D eigenvalue weighted by atomic mass is 16.3. The minimum atomic E-state index is 0.0532. The van der Waals surface area contributed by atoms with E-state index in [0.717, 1.165) is 18.2 Å². The molecule has 60 valence electrons. The summed E-state index contributed by atoms with van der Waals surface area (Å²) in [4.78, 5) is 0. The molecule has 0 unspecified atom stereocenters. The Balaban J connectivity index is 1.99. The van der Waals surface area contributed by atoms with Crippen LogP contribution in [0.5, 0.6) is 0 Å². The van der Waals surface area contributed by atoms with Crippen LogP contribution in [0.4, 0.5) is 0 Å². The van der Waals surface area contributed by atoms with Gasteiger partial charge in [0.15, 0.2) is 0 Å². The van der Waals surface area contributed by atoms with Crippen molar-refractivity contribution in [1.82, 2.24) is 9.78 Å². The topological polar surface area (TPSA) is 38.0 Å². The minimum absolute atomic E-state index is 0.0532. The molecule has 1 aromatic heterocycles. The van der Waals surface area contributed by atoms with Gasteiger partial charge in [0.25, 0.3) is 0 Å². The van der Waals surface area contributed by atoms with Crippen molar-refractivity contribution in [2.45, 2.75) is 26.0 Å². The summed E-state index contributed by atoms with van der Waals surface area (Å²) >= 11 is 0. The normalized spacial score (nSPS) is 17.2. The average Bonchev–Trinajstić information content (AvgIpc) is 2.68.